The minimum atomic E-state index is -0.293. The zero-order valence-electron chi connectivity index (χ0n) is 11.8. The molecule has 3 nitrogen and oxygen atoms in total. The second-order valence-corrected chi connectivity index (χ2v) is 6.48. The predicted molar refractivity (Wildman–Crippen MR) is 91.9 cm³/mol. The fourth-order valence-corrected chi connectivity index (χ4v) is 3.20. The van der Waals surface area contributed by atoms with Crippen LogP contribution >= 0.6 is 31.9 Å². The summed E-state index contributed by atoms with van der Waals surface area (Å²) >= 11 is 6.93. The van der Waals surface area contributed by atoms with E-state index in [2.05, 4.69) is 31.9 Å². The fourth-order valence-electron chi connectivity index (χ4n) is 2.06. The molecule has 2 atom stereocenters. The van der Waals surface area contributed by atoms with E-state index < -0.39 is 0 Å². The Labute approximate surface area is 141 Å². The van der Waals surface area contributed by atoms with Crippen LogP contribution in [0, 0.1) is 0 Å². The van der Waals surface area contributed by atoms with Crippen LogP contribution in [0.15, 0.2) is 51.4 Å². The molecule has 5 heteroatoms. The maximum atomic E-state index is 6.12. The lowest BCUT2D eigenvalue weighted by Crippen LogP contribution is -2.29. The standard InChI is InChI=1S/C16H17Br2NO2/c1-10(19)16(12-5-3-4-6-14(12)20-2)21-15-8-7-11(17)9-13(15)18/h3-10,16H,19H2,1-2H3. The molecule has 2 unspecified atom stereocenters. The first-order chi connectivity index (χ1) is 10.0. The summed E-state index contributed by atoms with van der Waals surface area (Å²) in [5, 5.41) is 0. The van der Waals surface area contributed by atoms with Crippen molar-refractivity contribution >= 4 is 31.9 Å². The Morgan fingerprint density at radius 1 is 1.05 bits per heavy atom. The highest BCUT2D eigenvalue weighted by Gasteiger charge is 2.22. The highest BCUT2D eigenvalue weighted by atomic mass is 79.9. The van der Waals surface area contributed by atoms with Gasteiger partial charge in [0.1, 0.15) is 17.6 Å². The molecule has 21 heavy (non-hydrogen) atoms. The lowest BCUT2D eigenvalue weighted by atomic mass is 10.0. The highest BCUT2D eigenvalue weighted by molar-refractivity contribution is 9.11. The molecule has 0 aromatic heterocycles. The Kier molecular flexibility index (Phi) is 5.67. The zero-order chi connectivity index (χ0) is 15.4. The second kappa shape index (κ2) is 7.29. The minimum absolute atomic E-state index is 0.183. The molecule has 0 aliphatic heterocycles. The van der Waals surface area contributed by atoms with E-state index in [-0.39, 0.29) is 12.1 Å². The molecule has 0 aliphatic rings. The van der Waals surface area contributed by atoms with Gasteiger partial charge in [-0.3, -0.25) is 0 Å². The third-order valence-corrected chi connectivity index (χ3v) is 4.18. The number of ether oxygens (including phenoxy) is 2. The second-order valence-electron chi connectivity index (χ2n) is 4.71. The van der Waals surface area contributed by atoms with Crippen LogP contribution in [0.3, 0.4) is 0 Å². The van der Waals surface area contributed by atoms with Crippen molar-refractivity contribution in [1.82, 2.24) is 0 Å². The van der Waals surface area contributed by atoms with Crippen molar-refractivity contribution in [2.75, 3.05) is 7.11 Å². The average Bonchev–Trinajstić information content (AvgIpc) is 2.46. The van der Waals surface area contributed by atoms with Gasteiger partial charge in [0.05, 0.1) is 11.6 Å². The smallest absolute Gasteiger partial charge is 0.142 e. The summed E-state index contributed by atoms with van der Waals surface area (Å²) in [4.78, 5) is 0. The van der Waals surface area contributed by atoms with Gasteiger partial charge in [-0.05, 0) is 47.1 Å². The molecule has 0 amide bonds. The molecule has 0 bridgehead atoms. The first-order valence-electron chi connectivity index (χ1n) is 6.53. The van der Waals surface area contributed by atoms with E-state index in [0.717, 1.165) is 26.0 Å². The third-order valence-electron chi connectivity index (χ3n) is 3.07. The number of hydrogen-bond donors (Lipinski definition) is 1. The van der Waals surface area contributed by atoms with Gasteiger partial charge in [-0.25, -0.2) is 0 Å². The molecule has 0 spiro atoms. The van der Waals surface area contributed by atoms with Gasteiger partial charge in [0.2, 0.25) is 0 Å². The van der Waals surface area contributed by atoms with E-state index >= 15 is 0 Å². The fraction of sp³-hybridized carbons (Fsp3) is 0.250. The van der Waals surface area contributed by atoms with Crippen LogP contribution in [-0.2, 0) is 0 Å². The van der Waals surface area contributed by atoms with Crippen LogP contribution in [0.4, 0.5) is 0 Å². The Bertz CT molecular complexity index is 617. The van der Waals surface area contributed by atoms with E-state index in [0.29, 0.717) is 0 Å². The Hall–Kier alpha value is -1.04. The largest absolute Gasteiger partial charge is 0.496 e. The van der Waals surface area contributed by atoms with Gasteiger partial charge >= 0.3 is 0 Å². The molecule has 0 radical (unpaired) electrons. The van der Waals surface area contributed by atoms with Crippen molar-refractivity contribution in [3.8, 4) is 11.5 Å². The molecule has 2 aromatic rings. The van der Waals surface area contributed by atoms with Crippen LogP contribution in [0.2, 0.25) is 0 Å². The molecule has 0 aliphatic carbocycles. The first kappa shape index (κ1) is 16.3. The topological polar surface area (TPSA) is 44.5 Å². The monoisotopic (exact) mass is 413 g/mol. The predicted octanol–water partition coefficient (Wildman–Crippen LogP) is 4.69. The van der Waals surface area contributed by atoms with Gasteiger partial charge in [0.25, 0.3) is 0 Å². The molecular formula is C16H17Br2NO2. The normalized spacial score (nSPS) is 13.6. The number of para-hydroxylation sites is 1. The average molecular weight is 415 g/mol. The van der Waals surface area contributed by atoms with Gasteiger partial charge in [-0.15, -0.1) is 0 Å². The van der Waals surface area contributed by atoms with Gasteiger partial charge in [-0.2, -0.15) is 0 Å². The SMILES string of the molecule is COc1ccccc1C(Oc1ccc(Br)cc1Br)C(C)N. The Balaban J connectivity index is 2.36. The summed E-state index contributed by atoms with van der Waals surface area (Å²) in [5.41, 5.74) is 7.05. The summed E-state index contributed by atoms with van der Waals surface area (Å²) < 4.78 is 13.4. The van der Waals surface area contributed by atoms with Crippen molar-refractivity contribution < 1.29 is 9.47 Å². The maximum absolute atomic E-state index is 6.12. The number of halogens is 2. The number of nitrogens with two attached hydrogens (primary N) is 1. The van der Waals surface area contributed by atoms with Crippen LogP contribution in [0.25, 0.3) is 0 Å². The van der Waals surface area contributed by atoms with Crippen molar-refractivity contribution in [2.45, 2.75) is 19.1 Å². The zero-order valence-corrected chi connectivity index (χ0v) is 15.0. The molecule has 2 aromatic carbocycles. The van der Waals surface area contributed by atoms with E-state index in [1.807, 2.05) is 49.4 Å². The van der Waals surface area contributed by atoms with E-state index in [1.54, 1.807) is 7.11 Å². The first-order valence-corrected chi connectivity index (χ1v) is 8.11. The molecular weight excluding hydrogens is 398 g/mol. The van der Waals surface area contributed by atoms with Crippen molar-refractivity contribution in [1.29, 1.82) is 0 Å². The van der Waals surface area contributed by atoms with Crippen molar-refractivity contribution in [2.24, 2.45) is 5.73 Å². The number of hydrogen-bond acceptors (Lipinski definition) is 3. The van der Waals surface area contributed by atoms with Gasteiger partial charge < -0.3 is 15.2 Å². The number of benzene rings is 2. The van der Waals surface area contributed by atoms with E-state index in [1.165, 1.54) is 0 Å². The van der Waals surface area contributed by atoms with Crippen molar-refractivity contribution in [3.63, 3.8) is 0 Å². The molecule has 0 saturated heterocycles. The minimum Gasteiger partial charge on any atom is -0.496 e. The van der Waals surface area contributed by atoms with E-state index in [9.17, 15) is 0 Å². The molecule has 112 valence electrons. The van der Waals surface area contributed by atoms with Crippen LogP contribution in [0.1, 0.15) is 18.6 Å². The van der Waals surface area contributed by atoms with Gasteiger partial charge in [-0.1, -0.05) is 34.1 Å². The summed E-state index contributed by atoms with van der Waals surface area (Å²) in [5.74, 6) is 1.51. The lowest BCUT2D eigenvalue weighted by Gasteiger charge is -2.25. The molecule has 0 saturated carbocycles. The van der Waals surface area contributed by atoms with Crippen LogP contribution < -0.4 is 15.2 Å². The summed E-state index contributed by atoms with van der Waals surface area (Å²) in [6, 6.07) is 13.3. The Morgan fingerprint density at radius 2 is 1.76 bits per heavy atom. The number of rotatable bonds is 5. The highest BCUT2D eigenvalue weighted by Crippen LogP contribution is 2.35. The quantitative estimate of drug-likeness (QED) is 0.771. The van der Waals surface area contributed by atoms with Crippen LogP contribution in [0.5, 0.6) is 11.5 Å². The lowest BCUT2D eigenvalue weighted by molar-refractivity contribution is 0.175. The summed E-state index contributed by atoms with van der Waals surface area (Å²) in [6.07, 6.45) is -0.293. The van der Waals surface area contributed by atoms with E-state index in [4.69, 9.17) is 15.2 Å². The molecule has 0 heterocycles. The van der Waals surface area contributed by atoms with Gasteiger partial charge in [0, 0.05) is 16.1 Å². The summed E-state index contributed by atoms with van der Waals surface area (Å²) in [6.45, 7) is 1.92. The summed E-state index contributed by atoms with van der Waals surface area (Å²) in [7, 11) is 1.65. The Morgan fingerprint density at radius 3 is 2.38 bits per heavy atom. The number of methoxy groups -OCH3 is 1. The van der Waals surface area contributed by atoms with Crippen LogP contribution in [-0.4, -0.2) is 13.2 Å². The third kappa shape index (κ3) is 3.99. The molecule has 2 N–H and O–H groups in total. The molecule has 2 rings (SSSR count). The van der Waals surface area contributed by atoms with Gasteiger partial charge in [0.15, 0.2) is 0 Å². The molecule has 0 fully saturated rings. The van der Waals surface area contributed by atoms with Crippen molar-refractivity contribution in [3.05, 3.63) is 57.0 Å². The maximum Gasteiger partial charge on any atom is 0.142 e.